The van der Waals surface area contributed by atoms with E-state index in [2.05, 4.69) is 20.9 Å². The lowest BCUT2D eigenvalue weighted by atomic mass is 10.1. The molecule has 0 aliphatic carbocycles. The number of nitrogens with two attached hydrogens (primary N) is 1. The third-order valence-corrected chi connectivity index (χ3v) is 4.54. The largest absolute Gasteiger partial charge is 0.507 e. The summed E-state index contributed by atoms with van der Waals surface area (Å²) in [7, 11) is -3.69. The van der Waals surface area contributed by atoms with Crippen LogP contribution in [-0.2, 0) is 10.0 Å². The molecule has 0 aliphatic heterocycles. The average molecular weight is 383 g/mol. The summed E-state index contributed by atoms with van der Waals surface area (Å²) in [6.07, 6.45) is 1.58. The smallest absolute Gasteiger partial charge is 0.238 e. The maximum Gasteiger partial charge on any atom is 0.238 e. The third-order valence-electron chi connectivity index (χ3n) is 3.12. The number of phenols is 1. The molecule has 0 heterocycles. The van der Waals surface area contributed by atoms with Crippen LogP contribution in [0.1, 0.15) is 24.1 Å². The molecule has 1 atom stereocenters. The Hall–Kier alpha value is -1.70. The number of sulfonamides is 1. The zero-order chi connectivity index (χ0) is 16.3. The second kappa shape index (κ2) is 6.60. The Morgan fingerprint density at radius 2 is 1.86 bits per heavy atom. The van der Waals surface area contributed by atoms with E-state index in [4.69, 9.17) is 5.14 Å². The minimum absolute atomic E-state index is 0.0667. The van der Waals surface area contributed by atoms with Crippen molar-refractivity contribution < 1.29 is 13.5 Å². The molecule has 0 aliphatic rings. The van der Waals surface area contributed by atoms with E-state index in [1.54, 1.807) is 36.5 Å². The molecule has 0 saturated carbocycles. The zero-order valence-electron chi connectivity index (χ0n) is 11.8. The maximum absolute atomic E-state index is 11.2. The number of primary sulfonamides is 1. The van der Waals surface area contributed by atoms with Gasteiger partial charge in [-0.05, 0) is 42.8 Å². The van der Waals surface area contributed by atoms with Gasteiger partial charge in [-0.25, -0.2) is 13.6 Å². The zero-order valence-corrected chi connectivity index (χ0v) is 14.2. The van der Waals surface area contributed by atoms with E-state index < -0.39 is 10.0 Å². The lowest BCUT2D eigenvalue weighted by molar-refractivity contribution is 0.474. The third kappa shape index (κ3) is 4.16. The van der Waals surface area contributed by atoms with Gasteiger partial charge in [-0.1, -0.05) is 28.1 Å². The van der Waals surface area contributed by atoms with E-state index in [1.807, 2.05) is 6.92 Å². The highest BCUT2D eigenvalue weighted by Gasteiger charge is 2.09. The molecule has 2 aromatic rings. The van der Waals surface area contributed by atoms with Gasteiger partial charge in [0.2, 0.25) is 10.0 Å². The number of halogens is 1. The number of hydrogen-bond donors (Lipinski definition) is 2. The molecule has 0 bridgehead atoms. The molecule has 0 spiro atoms. The number of rotatable bonds is 4. The van der Waals surface area contributed by atoms with Crippen molar-refractivity contribution in [3.8, 4) is 5.75 Å². The first-order valence-electron chi connectivity index (χ1n) is 6.42. The van der Waals surface area contributed by atoms with Gasteiger partial charge in [-0.15, -0.1) is 0 Å². The molecule has 0 fully saturated rings. The number of nitrogens with zero attached hydrogens (tertiary/aromatic N) is 1. The van der Waals surface area contributed by atoms with Gasteiger partial charge >= 0.3 is 0 Å². The van der Waals surface area contributed by atoms with Gasteiger partial charge in [0.15, 0.2) is 0 Å². The molecule has 0 saturated heterocycles. The molecule has 2 rings (SSSR count). The Morgan fingerprint density at radius 3 is 2.45 bits per heavy atom. The lowest BCUT2D eigenvalue weighted by Gasteiger charge is -2.08. The number of phenolic OH excluding ortho intramolecular Hbond substituents is 1. The molecule has 0 unspecified atom stereocenters. The molecule has 0 aromatic heterocycles. The molecule has 22 heavy (non-hydrogen) atoms. The van der Waals surface area contributed by atoms with Gasteiger partial charge in [0.05, 0.1) is 10.9 Å². The highest BCUT2D eigenvalue weighted by Crippen LogP contribution is 2.22. The van der Waals surface area contributed by atoms with Crippen LogP contribution in [0.5, 0.6) is 5.75 Å². The first kappa shape index (κ1) is 16.7. The second-order valence-electron chi connectivity index (χ2n) is 4.77. The molecule has 5 nitrogen and oxygen atoms in total. The molecule has 0 radical (unpaired) electrons. The van der Waals surface area contributed by atoms with Crippen molar-refractivity contribution in [1.29, 1.82) is 0 Å². The van der Waals surface area contributed by atoms with Gasteiger partial charge in [0, 0.05) is 16.3 Å². The van der Waals surface area contributed by atoms with E-state index in [0.717, 1.165) is 10.0 Å². The molecule has 0 amide bonds. The fraction of sp³-hybridized carbons (Fsp3) is 0.133. The van der Waals surface area contributed by atoms with Crippen molar-refractivity contribution in [3.63, 3.8) is 0 Å². The van der Waals surface area contributed by atoms with Crippen molar-refractivity contribution in [2.75, 3.05) is 0 Å². The minimum Gasteiger partial charge on any atom is -0.507 e. The summed E-state index contributed by atoms with van der Waals surface area (Å²) in [4.78, 5) is 4.44. The topological polar surface area (TPSA) is 92.8 Å². The van der Waals surface area contributed by atoms with E-state index >= 15 is 0 Å². The molecular formula is C15H15BrN2O3S. The Morgan fingerprint density at radius 1 is 1.23 bits per heavy atom. The summed E-state index contributed by atoms with van der Waals surface area (Å²) in [5.74, 6) is 0.142. The predicted molar refractivity (Wildman–Crippen MR) is 89.6 cm³/mol. The number of aromatic hydroxyl groups is 1. The van der Waals surface area contributed by atoms with Crippen molar-refractivity contribution in [1.82, 2.24) is 0 Å². The highest BCUT2D eigenvalue weighted by molar-refractivity contribution is 9.10. The molecular weight excluding hydrogens is 368 g/mol. The van der Waals surface area contributed by atoms with Gasteiger partial charge in [-0.3, -0.25) is 4.99 Å². The summed E-state index contributed by atoms with van der Waals surface area (Å²) in [6.45, 7) is 1.87. The summed E-state index contributed by atoms with van der Waals surface area (Å²) >= 11 is 3.33. The van der Waals surface area contributed by atoms with Crippen LogP contribution in [-0.4, -0.2) is 19.7 Å². The monoisotopic (exact) mass is 382 g/mol. The van der Waals surface area contributed by atoms with Crippen molar-refractivity contribution in [3.05, 3.63) is 58.1 Å². The van der Waals surface area contributed by atoms with Gasteiger partial charge in [-0.2, -0.15) is 0 Å². The minimum atomic E-state index is -3.69. The van der Waals surface area contributed by atoms with Crippen LogP contribution in [0.25, 0.3) is 0 Å². The molecule has 7 heteroatoms. The number of aliphatic imine (C=N–C) groups is 1. The lowest BCUT2D eigenvalue weighted by Crippen LogP contribution is -2.11. The van der Waals surface area contributed by atoms with E-state index in [1.165, 1.54) is 12.1 Å². The normalized spacial score (nSPS) is 13.4. The van der Waals surface area contributed by atoms with Crippen molar-refractivity contribution in [2.45, 2.75) is 17.9 Å². The fourth-order valence-corrected chi connectivity index (χ4v) is 2.74. The number of hydrogen-bond acceptors (Lipinski definition) is 4. The Kier molecular flexibility index (Phi) is 5.00. The Labute approximate surface area is 137 Å². The van der Waals surface area contributed by atoms with E-state index in [9.17, 15) is 13.5 Å². The second-order valence-corrected chi connectivity index (χ2v) is 7.25. The first-order chi connectivity index (χ1) is 10.3. The predicted octanol–water partition coefficient (Wildman–Crippen LogP) is 2.98. The Balaban J connectivity index is 2.20. The summed E-state index contributed by atoms with van der Waals surface area (Å²) in [5.41, 5.74) is 1.44. The Bertz CT molecular complexity index is 802. The maximum atomic E-state index is 11.2. The van der Waals surface area contributed by atoms with Crippen LogP contribution < -0.4 is 5.14 Å². The SMILES string of the molecule is C[C@H](N=Cc1cc(Br)ccc1O)c1ccc(S(N)(=O)=O)cc1. The van der Waals surface area contributed by atoms with Crippen LogP contribution in [0.4, 0.5) is 0 Å². The van der Waals surface area contributed by atoms with Gasteiger partial charge in [0.1, 0.15) is 5.75 Å². The van der Waals surface area contributed by atoms with Crippen LogP contribution >= 0.6 is 15.9 Å². The van der Waals surface area contributed by atoms with Crippen LogP contribution in [0.15, 0.2) is 56.8 Å². The molecule has 116 valence electrons. The van der Waals surface area contributed by atoms with Crippen LogP contribution in [0, 0.1) is 0 Å². The van der Waals surface area contributed by atoms with Gasteiger partial charge in [0.25, 0.3) is 0 Å². The standard InChI is InChI=1S/C15H15BrN2O3S/c1-10(11-2-5-14(6-3-11)22(17,20)21)18-9-12-8-13(16)4-7-15(12)19/h2-10,19H,1H3,(H2,17,20,21)/t10-/m0/s1. The van der Waals surface area contributed by atoms with E-state index in [0.29, 0.717) is 5.56 Å². The summed E-state index contributed by atoms with van der Waals surface area (Å²) < 4.78 is 23.3. The average Bonchev–Trinajstić information content (AvgIpc) is 2.47. The summed E-state index contributed by atoms with van der Waals surface area (Å²) in [6, 6.07) is 11.1. The van der Waals surface area contributed by atoms with Crippen LogP contribution in [0.3, 0.4) is 0 Å². The molecule has 3 N–H and O–H groups in total. The van der Waals surface area contributed by atoms with Crippen LogP contribution in [0.2, 0.25) is 0 Å². The van der Waals surface area contributed by atoms with Crippen molar-refractivity contribution in [2.24, 2.45) is 10.1 Å². The van der Waals surface area contributed by atoms with Gasteiger partial charge < -0.3 is 5.11 Å². The first-order valence-corrected chi connectivity index (χ1v) is 8.76. The molecule has 2 aromatic carbocycles. The van der Waals surface area contributed by atoms with Crippen molar-refractivity contribution >= 4 is 32.2 Å². The van der Waals surface area contributed by atoms with E-state index in [-0.39, 0.29) is 16.7 Å². The highest BCUT2D eigenvalue weighted by atomic mass is 79.9. The quantitative estimate of drug-likeness (QED) is 0.795. The fourth-order valence-electron chi connectivity index (χ4n) is 1.84. The number of benzene rings is 2. The summed E-state index contributed by atoms with van der Waals surface area (Å²) in [5, 5.41) is 14.8.